The second kappa shape index (κ2) is 9.78. The third-order valence-corrected chi connectivity index (χ3v) is 7.07. The lowest BCUT2D eigenvalue weighted by Gasteiger charge is -2.20. The van der Waals surface area contributed by atoms with Crippen LogP contribution < -0.4 is 11.5 Å². The summed E-state index contributed by atoms with van der Waals surface area (Å²) < 4.78 is 14.6. The topological polar surface area (TPSA) is 114 Å². The van der Waals surface area contributed by atoms with Crippen LogP contribution in [0.4, 0.5) is 11.6 Å². The average Bonchev–Trinajstić information content (AvgIpc) is 3.33. The van der Waals surface area contributed by atoms with E-state index in [1.54, 1.807) is 13.8 Å². The molecule has 0 saturated heterocycles. The van der Waals surface area contributed by atoms with E-state index in [0.29, 0.717) is 35.6 Å². The van der Waals surface area contributed by atoms with Gasteiger partial charge in [0.05, 0.1) is 13.2 Å². The van der Waals surface area contributed by atoms with Gasteiger partial charge in [0.25, 0.3) is 0 Å². The predicted octanol–water partition coefficient (Wildman–Crippen LogP) is 4.90. The van der Waals surface area contributed by atoms with Crippen LogP contribution in [0.15, 0.2) is 48.5 Å². The monoisotopic (exact) mass is 512 g/mol. The molecule has 2 heterocycles. The number of aromatic nitrogens is 2. The number of anilines is 2. The third kappa shape index (κ3) is 4.02. The molecule has 2 aromatic carbocycles. The fourth-order valence-corrected chi connectivity index (χ4v) is 5.31. The number of esters is 2. The van der Waals surface area contributed by atoms with E-state index in [1.807, 2.05) is 71.5 Å². The highest BCUT2D eigenvalue weighted by Crippen LogP contribution is 2.42. The maximum atomic E-state index is 13.2. The van der Waals surface area contributed by atoms with Crippen LogP contribution in [0, 0.1) is 13.8 Å². The lowest BCUT2D eigenvalue weighted by Crippen LogP contribution is -2.16. The van der Waals surface area contributed by atoms with Crippen LogP contribution in [0.2, 0.25) is 0 Å². The van der Waals surface area contributed by atoms with E-state index < -0.39 is 11.9 Å². The van der Waals surface area contributed by atoms with Crippen LogP contribution in [0.5, 0.6) is 0 Å². The molecule has 0 aliphatic heterocycles. The molecule has 196 valence electrons. The Morgan fingerprint density at radius 2 is 1.03 bits per heavy atom. The predicted molar refractivity (Wildman–Crippen MR) is 147 cm³/mol. The van der Waals surface area contributed by atoms with Gasteiger partial charge in [-0.25, -0.2) is 9.59 Å². The van der Waals surface area contributed by atoms with Gasteiger partial charge in [-0.05, 0) is 63.1 Å². The summed E-state index contributed by atoms with van der Waals surface area (Å²) in [6, 6.07) is 15.8. The van der Waals surface area contributed by atoms with E-state index in [9.17, 15) is 9.59 Å². The van der Waals surface area contributed by atoms with Gasteiger partial charge in [0.15, 0.2) is 0 Å². The number of hydrogen-bond donors (Lipinski definition) is 2. The van der Waals surface area contributed by atoms with Crippen molar-refractivity contribution >= 4 is 23.6 Å². The molecule has 0 bridgehead atoms. The van der Waals surface area contributed by atoms with Crippen molar-refractivity contribution in [3.8, 4) is 11.4 Å². The first-order valence-electron chi connectivity index (χ1n) is 12.8. The Bertz CT molecular complexity index is 1430. The standard InChI is InChI=1S/C30H32N4O4/c1-5-37-29(35)25-21-15-24-22(16-23(21)33(27(25)31)19-11-7-17(3)8-12-19)26(30(36)38-6-2)28(32)34(24)20-13-9-18(4)10-14-20/h7-14H,5-6,15-16,31-32H2,1-4H3. The molecule has 4 N–H and O–H groups in total. The SMILES string of the molecule is CCOC(=O)c1c2c(n(-c3ccc(C)cc3)c1N)Cc1c(C(=O)OCC)c(N)n(-c3ccc(C)cc3)c1C2. The smallest absolute Gasteiger partial charge is 0.342 e. The van der Waals surface area contributed by atoms with Crippen LogP contribution in [-0.4, -0.2) is 34.3 Å². The number of aryl methyl sites for hydroxylation is 2. The Kier molecular flexibility index (Phi) is 6.48. The fourth-order valence-electron chi connectivity index (χ4n) is 5.31. The molecule has 0 radical (unpaired) electrons. The van der Waals surface area contributed by atoms with Gasteiger partial charge in [0, 0.05) is 35.6 Å². The number of ether oxygens (including phenoxy) is 2. The summed E-state index contributed by atoms with van der Waals surface area (Å²) in [6.45, 7) is 8.02. The number of nitrogen functional groups attached to an aromatic ring is 2. The minimum absolute atomic E-state index is 0.230. The zero-order chi connectivity index (χ0) is 27.1. The van der Waals surface area contributed by atoms with Gasteiger partial charge in [-0.3, -0.25) is 9.13 Å². The van der Waals surface area contributed by atoms with E-state index >= 15 is 0 Å². The molecule has 0 saturated carbocycles. The largest absolute Gasteiger partial charge is 0.462 e. The van der Waals surface area contributed by atoms with Gasteiger partial charge in [0.2, 0.25) is 0 Å². The molecule has 1 aliphatic carbocycles. The maximum absolute atomic E-state index is 13.2. The molecule has 0 unspecified atom stereocenters. The van der Waals surface area contributed by atoms with Crippen molar-refractivity contribution in [3.63, 3.8) is 0 Å². The lowest BCUT2D eigenvalue weighted by molar-refractivity contribution is 0.0516. The summed E-state index contributed by atoms with van der Waals surface area (Å²) in [7, 11) is 0. The molecule has 2 aromatic heterocycles. The molecule has 38 heavy (non-hydrogen) atoms. The van der Waals surface area contributed by atoms with Gasteiger partial charge in [-0.15, -0.1) is 0 Å². The number of nitrogens with zero attached hydrogens (tertiary/aromatic N) is 2. The number of hydrogen-bond acceptors (Lipinski definition) is 6. The number of benzene rings is 2. The summed E-state index contributed by atoms with van der Waals surface area (Å²) in [6.07, 6.45) is 0.693. The highest BCUT2D eigenvalue weighted by Gasteiger charge is 2.37. The summed E-state index contributed by atoms with van der Waals surface area (Å²) in [4.78, 5) is 26.4. The Morgan fingerprint density at radius 1 is 0.684 bits per heavy atom. The van der Waals surface area contributed by atoms with Crippen LogP contribution >= 0.6 is 0 Å². The second-order valence-electron chi connectivity index (χ2n) is 9.51. The first kappa shape index (κ1) is 25.2. The first-order chi connectivity index (χ1) is 18.3. The van der Waals surface area contributed by atoms with E-state index in [2.05, 4.69) is 0 Å². The highest BCUT2D eigenvalue weighted by molar-refractivity contribution is 6.00. The van der Waals surface area contributed by atoms with Crippen LogP contribution in [0.3, 0.4) is 0 Å². The van der Waals surface area contributed by atoms with Gasteiger partial charge in [-0.1, -0.05) is 35.4 Å². The van der Waals surface area contributed by atoms with E-state index in [-0.39, 0.29) is 13.2 Å². The van der Waals surface area contributed by atoms with Crippen LogP contribution in [0.1, 0.15) is 68.2 Å². The highest BCUT2D eigenvalue weighted by atomic mass is 16.5. The summed E-state index contributed by atoms with van der Waals surface area (Å²) >= 11 is 0. The molecule has 0 amide bonds. The molecule has 0 atom stereocenters. The van der Waals surface area contributed by atoms with E-state index in [0.717, 1.165) is 45.0 Å². The van der Waals surface area contributed by atoms with Crippen LogP contribution in [0.25, 0.3) is 11.4 Å². The normalized spacial score (nSPS) is 12.1. The van der Waals surface area contributed by atoms with Crippen molar-refractivity contribution in [2.24, 2.45) is 0 Å². The fraction of sp³-hybridized carbons (Fsp3) is 0.267. The van der Waals surface area contributed by atoms with Crippen molar-refractivity contribution in [2.75, 3.05) is 24.7 Å². The molecule has 8 heteroatoms. The Hall–Kier alpha value is -4.46. The number of fused-ring (bicyclic) bond motifs is 2. The van der Waals surface area contributed by atoms with E-state index in [1.165, 1.54) is 0 Å². The number of carbonyl (C=O) groups excluding carboxylic acids is 2. The molecule has 1 aliphatic rings. The Balaban J connectivity index is 1.77. The molecule has 0 spiro atoms. The van der Waals surface area contributed by atoms with Crippen molar-refractivity contribution in [3.05, 3.63) is 93.3 Å². The minimum atomic E-state index is -0.470. The van der Waals surface area contributed by atoms with Crippen molar-refractivity contribution in [1.29, 1.82) is 0 Å². The van der Waals surface area contributed by atoms with Crippen molar-refractivity contribution < 1.29 is 19.1 Å². The molecular formula is C30H32N4O4. The third-order valence-electron chi connectivity index (χ3n) is 7.07. The zero-order valence-corrected chi connectivity index (χ0v) is 22.1. The van der Waals surface area contributed by atoms with Gasteiger partial charge < -0.3 is 20.9 Å². The van der Waals surface area contributed by atoms with Gasteiger partial charge >= 0.3 is 11.9 Å². The lowest BCUT2D eigenvalue weighted by atomic mass is 9.90. The van der Waals surface area contributed by atoms with Gasteiger partial charge in [-0.2, -0.15) is 0 Å². The quantitative estimate of drug-likeness (QED) is 0.313. The summed E-state index contributed by atoms with van der Waals surface area (Å²) in [5.41, 5.74) is 21.1. The number of nitrogens with two attached hydrogens (primary N) is 2. The molecular weight excluding hydrogens is 480 g/mol. The number of carbonyl (C=O) groups is 2. The molecule has 0 fully saturated rings. The molecule has 8 nitrogen and oxygen atoms in total. The van der Waals surface area contributed by atoms with Crippen molar-refractivity contribution in [2.45, 2.75) is 40.5 Å². The number of rotatable bonds is 6. The zero-order valence-electron chi connectivity index (χ0n) is 22.1. The van der Waals surface area contributed by atoms with E-state index in [4.69, 9.17) is 20.9 Å². The summed E-state index contributed by atoms with van der Waals surface area (Å²) in [5, 5.41) is 0. The second-order valence-corrected chi connectivity index (χ2v) is 9.51. The minimum Gasteiger partial charge on any atom is -0.462 e. The van der Waals surface area contributed by atoms with Crippen LogP contribution in [-0.2, 0) is 22.3 Å². The summed E-state index contributed by atoms with van der Waals surface area (Å²) in [5.74, 6) is -0.310. The molecule has 5 rings (SSSR count). The Morgan fingerprint density at radius 3 is 1.34 bits per heavy atom. The van der Waals surface area contributed by atoms with Gasteiger partial charge in [0.1, 0.15) is 22.8 Å². The van der Waals surface area contributed by atoms with Crippen molar-refractivity contribution in [1.82, 2.24) is 9.13 Å². The maximum Gasteiger partial charge on any atom is 0.342 e. The Labute approximate surface area is 221 Å². The average molecular weight is 513 g/mol. The molecule has 4 aromatic rings. The first-order valence-corrected chi connectivity index (χ1v) is 12.8.